The summed E-state index contributed by atoms with van der Waals surface area (Å²) in [5.41, 5.74) is 0. The molecule has 5 heteroatoms. The molecule has 178 valence electrons. The molecule has 1 rings (SSSR count). The Kier molecular flexibility index (Phi) is 17.7. The van der Waals surface area contributed by atoms with Crippen molar-refractivity contribution in [2.45, 2.75) is 128 Å². The monoisotopic (exact) mass is 428 g/mol. The molecule has 0 amide bonds. The SMILES string of the molecule is C/C=C/CCCCCCCCCCCCCCCCO[C@H](CO)[C@@H]1OC[C@H](O)[C@@H]1O. The molecule has 30 heavy (non-hydrogen) atoms. The van der Waals surface area contributed by atoms with Gasteiger partial charge in [0.25, 0.3) is 0 Å². The summed E-state index contributed by atoms with van der Waals surface area (Å²) < 4.78 is 11.0. The van der Waals surface area contributed by atoms with Gasteiger partial charge >= 0.3 is 0 Å². The lowest BCUT2D eigenvalue weighted by Crippen LogP contribution is -2.42. The van der Waals surface area contributed by atoms with Crippen molar-refractivity contribution in [3.05, 3.63) is 12.2 Å². The summed E-state index contributed by atoms with van der Waals surface area (Å²) in [6.07, 6.45) is 21.0. The normalized spacial score (nSPS) is 22.9. The fourth-order valence-electron chi connectivity index (χ4n) is 4.09. The molecule has 0 radical (unpaired) electrons. The number of aliphatic hydroxyl groups excluding tert-OH is 3. The quantitative estimate of drug-likeness (QED) is 0.190. The van der Waals surface area contributed by atoms with Gasteiger partial charge in [-0.15, -0.1) is 0 Å². The Labute approximate surface area is 184 Å². The summed E-state index contributed by atoms with van der Waals surface area (Å²) in [5.74, 6) is 0. The Bertz CT molecular complexity index is 401. The topological polar surface area (TPSA) is 79.2 Å². The van der Waals surface area contributed by atoms with Crippen LogP contribution in [-0.2, 0) is 9.47 Å². The van der Waals surface area contributed by atoms with Gasteiger partial charge in [0.05, 0.1) is 13.2 Å². The van der Waals surface area contributed by atoms with Gasteiger partial charge in [-0.05, 0) is 26.2 Å². The number of hydrogen-bond acceptors (Lipinski definition) is 5. The smallest absolute Gasteiger partial charge is 0.114 e. The molecule has 5 nitrogen and oxygen atoms in total. The number of unbranched alkanes of at least 4 members (excludes halogenated alkanes) is 14. The Balaban J connectivity index is 1.80. The second-order valence-corrected chi connectivity index (χ2v) is 8.76. The van der Waals surface area contributed by atoms with Crippen LogP contribution in [0.2, 0.25) is 0 Å². The number of allylic oxidation sites excluding steroid dienone is 2. The van der Waals surface area contributed by atoms with Crippen LogP contribution in [0, 0.1) is 0 Å². The number of rotatable bonds is 20. The average Bonchev–Trinajstić information content (AvgIpc) is 3.08. The lowest BCUT2D eigenvalue weighted by Gasteiger charge is -2.24. The van der Waals surface area contributed by atoms with Crippen molar-refractivity contribution >= 4 is 0 Å². The summed E-state index contributed by atoms with van der Waals surface area (Å²) in [5, 5.41) is 28.8. The lowest BCUT2D eigenvalue weighted by molar-refractivity contribution is -0.101. The fourth-order valence-corrected chi connectivity index (χ4v) is 4.09. The molecule has 0 aromatic heterocycles. The summed E-state index contributed by atoms with van der Waals surface area (Å²) in [6, 6.07) is 0. The molecule has 0 bridgehead atoms. The van der Waals surface area contributed by atoms with E-state index in [4.69, 9.17) is 9.47 Å². The zero-order valence-corrected chi connectivity index (χ0v) is 19.4. The first-order chi connectivity index (χ1) is 14.7. The van der Waals surface area contributed by atoms with E-state index < -0.39 is 24.4 Å². The van der Waals surface area contributed by atoms with Gasteiger partial charge in [-0.3, -0.25) is 0 Å². The van der Waals surface area contributed by atoms with Gasteiger partial charge in [0.15, 0.2) is 0 Å². The van der Waals surface area contributed by atoms with E-state index in [0.29, 0.717) is 6.61 Å². The second kappa shape index (κ2) is 19.2. The third-order valence-corrected chi connectivity index (χ3v) is 6.07. The van der Waals surface area contributed by atoms with E-state index in [9.17, 15) is 15.3 Å². The fraction of sp³-hybridized carbons (Fsp3) is 0.920. The largest absolute Gasteiger partial charge is 0.394 e. The standard InChI is InChI=1S/C25H48O5/c1-2-3-4-5-6-7-8-9-10-11-12-13-14-15-16-17-18-19-29-23(20-26)25-24(28)22(27)21-30-25/h2-3,22-28H,4-21H2,1H3/b3-2+/t22-,23+,24-,25-/m0/s1. The van der Waals surface area contributed by atoms with Crippen LogP contribution in [0.25, 0.3) is 0 Å². The van der Waals surface area contributed by atoms with E-state index in [0.717, 1.165) is 12.8 Å². The molecule has 0 unspecified atom stereocenters. The van der Waals surface area contributed by atoms with Crippen molar-refractivity contribution in [1.82, 2.24) is 0 Å². The van der Waals surface area contributed by atoms with Gasteiger partial charge < -0.3 is 24.8 Å². The maximum atomic E-state index is 9.84. The Morgan fingerprint density at radius 3 is 1.77 bits per heavy atom. The minimum atomic E-state index is -0.977. The predicted octanol–water partition coefficient (Wildman–Crippen LogP) is 4.91. The summed E-state index contributed by atoms with van der Waals surface area (Å²) in [6.45, 7) is 2.55. The van der Waals surface area contributed by atoms with Crippen LogP contribution in [0.4, 0.5) is 0 Å². The summed E-state index contributed by atoms with van der Waals surface area (Å²) in [4.78, 5) is 0. The van der Waals surface area contributed by atoms with Crippen LogP contribution < -0.4 is 0 Å². The van der Waals surface area contributed by atoms with E-state index in [-0.39, 0.29) is 13.2 Å². The highest BCUT2D eigenvalue weighted by molar-refractivity contribution is 4.88. The highest BCUT2D eigenvalue weighted by atomic mass is 16.6. The van der Waals surface area contributed by atoms with E-state index in [2.05, 4.69) is 19.1 Å². The molecule has 4 atom stereocenters. The van der Waals surface area contributed by atoms with Crippen LogP contribution in [0.5, 0.6) is 0 Å². The van der Waals surface area contributed by atoms with Gasteiger partial charge in [0.1, 0.15) is 24.4 Å². The minimum absolute atomic E-state index is 0.100. The average molecular weight is 429 g/mol. The Morgan fingerprint density at radius 2 is 1.33 bits per heavy atom. The summed E-state index contributed by atoms with van der Waals surface area (Å²) in [7, 11) is 0. The van der Waals surface area contributed by atoms with Crippen LogP contribution in [0.1, 0.15) is 103 Å². The van der Waals surface area contributed by atoms with Crippen molar-refractivity contribution < 1.29 is 24.8 Å². The van der Waals surface area contributed by atoms with Crippen LogP contribution in [0.15, 0.2) is 12.2 Å². The highest BCUT2D eigenvalue weighted by Crippen LogP contribution is 2.20. The maximum Gasteiger partial charge on any atom is 0.114 e. The first-order valence-electron chi connectivity index (χ1n) is 12.5. The molecule has 1 heterocycles. The molecule has 1 fully saturated rings. The molecule has 1 aliphatic heterocycles. The van der Waals surface area contributed by atoms with Crippen LogP contribution >= 0.6 is 0 Å². The molecule has 0 aromatic rings. The van der Waals surface area contributed by atoms with Crippen molar-refractivity contribution in [2.24, 2.45) is 0 Å². The van der Waals surface area contributed by atoms with Crippen LogP contribution in [0.3, 0.4) is 0 Å². The maximum absolute atomic E-state index is 9.84. The molecule has 0 saturated carbocycles. The van der Waals surface area contributed by atoms with Crippen molar-refractivity contribution in [2.75, 3.05) is 19.8 Å². The van der Waals surface area contributed by atoms with Crippen molar-refractivity contribution in [3.63, 3.8) is 0 Å². The highest BCUT2D eigenvalue weighted by Gasteiger charge is 2.40. The van der Waals surface area contributed by atoms with E-state index in [1.807, 2.05) is 0 Å². The molecular weight excluding hydrogens is 380 g/mol. The number of hydrogen-bond donors (Lipinski definition) is 3. The predicted molar refractivity (Wildman–Crippen MR) is 123 cm³/mol. The van der Waals surface area contributed by atoms with Crippen molar-refractivity contribution in [1.29, 1.82) is 0 Å². The zero-order valence-electron chi connectivity index (χ0n) is 19.4. The molecule has 0 aliphatic carbocycles. The number of aliphatic hydroxyl groups is 3. The minimum Gasteiger partial charge on any atom is -0.394 e. The summed E-state index contributed by atoms with van der Waals surface area (Å²) >= 11 is 0. The lowest BCUT2D eigenvalue weighted by atomic mass is 10.0. The number of ether oxygens (including phenoxy) is 2. The molecule has 3 N–H and O–H groups in total. The van der Waals surface area contributed by atoms with Gasteiger partial charge in [0.2, 0.25) is 0 Å². The van der Waals surface area contributed by atoms with E-state index >= 15 is 0 Å². The molecule has 0 aromatic carbocycles. The van der Waals surface area contributed by atoms with Crippen LogP contribution in [-0.4, -0.2) is 59.6 Å². The second-order valence-electron chi connectivity index (χ2n) is 8.76. The van der Waals surface area contributed by atoms with Gasteiger partial charge in [0, 0.05) is 6.61 Å². The molecule has 1 saturated heterocycles. The van der Waals surface area contributed by atoms with E-state index in [1.165, 1.54) is 83.5 Å². The molecule has 1 aliphatic rings. The molecule has 0 spiro atoms. The first-order valence-corrected chi connectivity index (χ1v) is 12.5. The first kappa shape index (κ1) is 27.6. The van der Waals surface area contributed by atoms with Gasteiger partial charge in [-0.25, -0.2) is 0 Å². The zero-order chi connectivity index (χ0) is 21.9. The van der Waals surface area contributed by atoms with Gasteiger partial charge in [-0.1, -0.05) is 89.2 Å². The van der Waals surface area contributed by atoms with Gasteiger partial charge in [-0.2, -0.15) is 0 Å². The van der Waals surface area contributed by atoms with Crippen molar-refractivity contribution in [3.8, 4) is 0 Å². The third-order valence-electron chi connectivity index (χ3n) is 6.07. The van der Waals surface area contributed by atoms with E-state index in [1.54, 1.807) is 0 Å². The third kappa shape index (κ3) is 13.1. The Hall–Kier alpha value is -0.460. The Morgan fingerprint density at radius 1 is 0.833 bits per heavy atom. The molecular formula is C25H48O5.